The van der Waals surface area contributed by atoms with Gasteiger partial charge in [0.05, 0.1) is 29.3 Å². The first kappa shape index (κ1) is 25.3. The molecule has 0 amide bonds. The second-order valence-electron chi connectivity index (χ2n) is 11.5. The zero-order chi connectivity index (χ0) is 27.2. The van der Waals surface area contributed by atoms with E-state index in [-0.39, 0.29) is 6.10 Å². The molecular weight excluding hydrogens is 502 g/mol. The second kappa shape index (κ2) is 10.4. The minimum absolute atomic E-state index is 0.0935. The van der Waals surface area contributed by atoms with Crippen LogP contribution in [-0.4, -0.2) is 91.0 Å². The number of benzene rings is 1. The highest BCUT2D eigenvalue weighted by molar-refractivity contribution is 5.63. The average Bonchev–Trinajstić information content (AvgIpc) is 3.71. The fourth-order valence-corrected chi connectivity index (χ4v) is 6.53. The van der Waals surface area contributed by atoms with Crippen LogP contribution in [0, 0.1) is 20.8 Å². The van der Waals surface area contributed by atoms with Crippen LogP contribution in [0.15, 0.2) is 36.4 Å². The van der Waals surface area contributed by atoms with Crippen molar-refractivity contribution in [1.82, 2.24) is 39.6 Å². The van der Waals surface area contributed by atoms with Gasteiger partial charge in [0, 0.05) is 56.4 Å². The van der Waals surface area contributed by atoms with E-state index < -0.39 is 0 Å². The normalized spacial score (nSPS) is 21.8. The van der Waals surface area contributed by atoms with Crippen molar-refractivity contribution in [1.29, 1.82) is 0 Å². The van der Waals surface area contributed by atoms with Gasteiger partial charge in [-0.05, 0) is 64.4 Å². The Bertz CT molecular complexity index is 1500. The van der Waals surface area contributed by atoms with Crippen molar-refractivity contribution in [3.63, 3.8) is 0 Å². The summed E-state index contributed by atoms with van der Waals surface area (Å²) in [6.45, 7) is 13.3. The first-order valence-electron chi connectivity index (χ1n) is 14.5. The van der Waals surface area contributed by atoms with Crippen molar-refractivity contribution >= 4 is 11.5 Å². The summed E-state index contributed by atoms with van der Waals surface area (Å²) in [4.78, 5) is 16.5. The molecule has 3 saturated heterocycles. The van der Waals surface area contributed by atoms with Crippen molar-refractivity contribution in [2.24, 2.45) is 0 Å². The summed E-state index contributed by atoms with van der Waals surface area (Å²) in [7, 11) is 0. The average molecular weight is 540 g/mol. The molecule has 10 heteroatoms. The number of fused-ring (bicyclic) bond motifs is 2. The third kappa shape index (κ3) is 4.90. The van der Waals surface area contributed by atoms with Gasteiger partial charge < -0.3 is 9.64 Å². The minimum atomic E-state index is 0.0935. The maximum Gasteiger partial charge on any atom is 0.253 e. The molecule has 4 aromatic rings. The monoisotopic (exact) mass is 539 g/mol. The summed E-state index contributed by atoms with van der Waals surface area (Å²) < 4.78 is 8.24. The summed E-state index contributed by atoms with van der Waals surface area (Å²) in [5.74, 6) is 2.14. The molecule has 0 spiro atoms. The lowest BCUT2D eigenvalue weighted by molar-refractivity contribution is 0.0982. The van der Waals surface area contributed by atoms with Gasteiger partial charge in [-0.25, -0.2) is 4.98 Å². The van der Waals surface area contributed by atoms with Crippen LogP contribution < -0.4 is 9.64 Å². The van der Waals surface area contributed by atoms with Crippen LogP contribution >= 0.6 is 0 Å². The van der Waals surface area contributed by atoms with Crippen molar-refractivity contribution in [2.45, 2.75) is 58.7 Å². The van der Waals surface area contributed by atoms with Crippen molar-refractivity contribution in [2.75, 3.05) is 44.2 Å². The number of piperazine rings is 1. The molecule has 7 rings (SSSR count). The van der Waals surface area contributed by atoms with Crippen LogP contribution in [0.4, 0.5) is 5.69 Å². The lowest BCUT2D eigenvalue weighted by Gasteiger charge is -2.37. The third-order valence-electron chi connectivity index (χ3n) is 8.67. The molecule has 40 heavy (non-hydrogen) atoms. The largest absolute Gasteiger partial charge is 0.485 e. The Morgan fingerprint density at radius 2 is 1.75 bits per heavy atom. The van der Waals surface area contributed by atoms with Gasteiger partial charge in [0.1, 0.15) is 11.9 Å². The van der Waals surface area contributed by atoms with Gasteiger partial charge in [0.25, 0.3) is 5.78 Å². The van der Waals surface area contributed by atoms with Crippen LogP contribution in [0.1, 0.15) is 42.2 Å². The Balaban J connectivity index is 0.969. The Morgan fingerprint density at radius 1 is 0.875 bits per heavy atom. The van der Waals surface area contributed by atoms with Crippen LogP contribution in [0.25, 0.3) is 17.0 Å². The molecule has 3 aliphatic rings. The molecule has 0 saturated carbocycles. The van der Waals surface area contributed by atoms with Crippen molar-refractivity contribution in [3.05, 3.63) is 59.3 Å². The standard InChI is InChI=1S/C30H37N9O/c1-20-29(21(2)39-30(31-20)32-22(3)35-39)40-27-12-14-38(19-27)25-9-6-23(7-10-25)28-11-8-24(33-34-28)17-36-15-16-37-13-4-5-26(37)18-36/h6-11,26-27H,4-5,12-19H2,1-3H3. The molecule has 0 N–H and O–H groups in total. The summed E-state index contributed by atoms with van der Waals surface area (Å²) in [6, 6.07) is 13.6. The van der Waals surface area contributed by atoms with E-state index in [2.05, 4.69) is 76.4 Å². The molecule has 3 aromatic heterocycles. The van der Waals surface area contributed by atoms with E-state index in [4.69, 9.17) is 4.74 Å². The van der Waals surface area contributed by atoms with Gasteiger partial charge in [-0.1, -0.05) is 12.1 Å². The Hall–Kier alpha value is -3.63. The smallest absolute Gasteiger partial charge is 0.253 e. The maximum atomic E-state index is 6.47. The highest BCUT2D eigenvalue weighted by Gasteiger charge is 2.30. The van der Waals surface area contributed by atoms with Gasteiger partial charge in [0.2, 0.25) is 0 Å². The number of aromatic nitrogens is 6. The van der Waals surface area contributed by atoms with Crippen LogP contribution in [0.2, 0.25) is 0 Å². The zero-order valence-electron chi connectivity index (χ0n) is 23.6. The summed E-state index contributed by atoms with van der Waals surface area (Å²) in [5.41, 5.74) is 6.03. The summed E-state index contributed by atoms with van der Waals surface area (Å²) in [6.07, 6.45) is 3.73. The lowest BCUT2D eigenvalue weighted by atomic mass is 10.1. The summed E-state index contributed by atoms with van der Waals surface area (Å²) in [5, 5.41) is 13.6. The van der Waals surface area contributed by atoms with Crippen molar-refractivity contribution in [3.8, 4) is 17.0 Å². The van der Waals surface area contributed by atoms with Crippen LogP contribution in [-0.2, 0) is 6.54 Å². The fraction of sp³-hybridized carbons (Fsp3) is 0.500. The zero-order valence-corrected chi connectivity index (χ0v) is 23.6. The van der Waals surface area contributed by atoms with Crippen molar-refractivity contribution < 1.29 is 4.74 Å². The number of hydrogen-bond acceptors (Lipinski definition) is 9. The molecule has 0 aliphatic carbocycles. The second-order valence-corrected chi connectivity index (χ2v) is 11.5. The van der Waals surface area contributed by atoms with E-state index in [0.717, 1.165) is 79.3 Å². The highest BCUT2D eigenvalue weighted by Crippen LogP contribution is 2.29. The number of rotatable bonds is 6. The number of hydrogen-bond donors (Lipinski definition) is 0. The molecule has 2 atom stereocenters. The molecular formula is C30H37N9O. The van der Waals surface area contributed by atoms with E-state index in [9.17, 15) is 0 Å². The highest BCUT2D eigenvalue weighted by atomic mass is 16.5. The van der Waals surface area contributed by atoms with Gasteiger partial charge in [-0.2, -0.15) is 19.7 Å². The fourth-order valence-electron chi connectivity index (χ4n) is 6.53. The Kier molecular flexibility index (Phi) is 6.59. The minimum Gasteiger partial charge on any atom is -0.485 e. The van der Waals surface area contributed by atoms with Gasteiger partial charge in [-0.15, -0.1) is 5.10 Å². The first-order chi connectivity index (χ1) is 19.5. The van der Waals surface area contributed by atoms with E-state index in [1.54, 1.807) is 4.52 Å². The van der Waals surface area contributed by atoms with E-state index in [0.29, 0.717) is 11.6 Å². The van der Waals surface area contributed by atoms with E-state index in [1.807, 2.05) is 20.8 Å². The predicted molar refractivity (Wildman–Crippen MR) is 154 cm³/mol. The SMILES string of the molecule is Cc1nc2nc(C)c(OC3CCN(c4ccc(-c5ccc(CN6CCN7CCCC7C6)nn5)cc4)C3)c(C)n2n1. The summed E-state index contributed by atoms with van der Waals surface area (Å²) >= 11 is 0. The predicted octanol–water partition coefficient (Wildman–Crippen LogP) is 3.44. The lowest BCUT2D eigenvalue weighted by Crippen LogP contribution is -2.49. The van der Waals surface area contributed by atoms with Gasteiger partial charge in [0.15, 0.2) is 5.75 Å². The molecule has 208 valence electrons. The Morgan fingerprint density at radius 3 is 2.58 bits per heavy atom. The molecule has 10 nitrogen and oxygen atoms in total. The molecule has 6 heterocycles. The topological polar surface area (TPSA) is 87.8 Å². The molecule has 0 bridgehead atoms. The third-order valence-corrected chi connectivity index (χ3v) is 8.67. The molecule has 3 aliphatic heterocycles. The number of nitrogens with zero attached hydrogens (tertiary/aromatic N) is 9. The number of anilines is 1. The quantitative estimate of drug-likeness (QED) is 0.366. The maximum absolute atomic E-state index is 6.47. The molecule has 2 unspecified atom stereocenters. The molecule has 3 fully saturated rings. The Labute approximate surface area is 235 Å². The number of ether oxygens (including phenoxy) is 1. The molecule has 1 aromatic carbocycles. The number of aryl methyl sites for hydroxylation is 3. The molecule has 0 radical (unpaired) electrons. The van der Waals surface area contributed by atoms with Gasteiger partial charge >= 0.3 is 0 Å². The van der Waals surface area contributed by atoms with Crippen LogP contribution in [0.3, 0.4) is 0 Å². The van der Waals surface area contributed by atoms with E-state index >= 15 is 0 Å². The first-order valence-corrected chi connectivity index (χ1v) is 14.5. The van der Waals surface area contributed by atoms with Gasteiger partial charge in [-0.3, -0.25) is 9.80 Å². The van der Waals surface area contributed by atoms with Crippen LogP contribution in [0.5, 0.6) is 5.75 Å². The van der Waals surface area contributed by atoms with E-state index in [1.165, 1.54) is 31.6 Å².